The van der Waals surface area contributed by atoms with Gasteiger partial charge < -0.3 is 4.57 Å². The third kappa shape index (κ3) is 7.65. The van der Waals surface area contributed by atoms with Gasteiger partial charge in [-0.25, -0.2) is 0 Å². The van der Waals surface area contributed by atoms with Gasteiger partial charge in [-0.1, -0.05) is 241 Å². The molecule has 0 saturated carbocycles. The molecule has 1 aromatic heterocycles. The summed E-state index contributed by atoms with van der Waals surface area (Å²) in [7, 11) is 0. The molecule has 0 bridgehead atoms. The van der Waals surface area contributed by atoms with Crippen LogP contribution in [0, 0.1) is 20.8 Å². The summed E-state index contributed by atoms with van der Waals surface area (Å²) in [5.74, 6) is 0. The van der Waals surface area contributed by atoms with E-state index >= 15 is 0 Å². The third-order valence-corrected chi connectivity index (χ3v) is 15.1. The van der Waals surface area contributed by atoms with E-state index in [2.05, 4.69) is 262 Å². The highest BCUT2D eigenvalue weighted by atomic mass is 15.0. The fourth-order valence-corrected chi connectivity index (χ4v) is 11.8. The Labute approximate surface area is 419 Å². The molecule has 1 atom stereocenters. The minimum atomic E-state index is -0.162. The van der Waals surface area contributed by atoms with Gasteiger partial charge in [0.2, 0.25) is 0 Å². The van der Waals surface area contributed by atoms with Crippen molar-refractivity contribution in [1.82, 2.24) is 4.57 Å². The maximum Gasteiger partial charge on any atom is 0.0719 e. The number of hydrogen-bond donors (Lipinski definition) is 0. The van der Waals surface area contributed by atoms with Gasteiger partial charge in [0.05, 0.1) is 22.1 Å². The van der Waals surface area contributed by atoms with Crippen molar-refractivity contribution in [1.29, 1.82) is 0 Å². The lowest BCUT2D eigenvalue weighted by atomic mass is 9.68. The van der Waals surface area contributed by atoms with E-state index < -0.39 is 0 Å². The molecule has 0 amide bonds. The van der Waals surface area contributed by atoms with Crippen molar-refractivity contribution in [3.63, 3.8) is 0 Å². The Balaban J connectivity index is 0.000000119. The summed E-state index contributed by atoms with van der Waals surface area (Å²) < 4.78 is 2.39. The molecule has 342 valence electrons. The molecule has 0 saturated heterocycles. The Morgan fingerprint density at radius 1 is 0.394 bits per heavy atom. The average molecular weight is 912 g/mol. The normalized spacial score (nSPS) is 16.0. The van der Waals surface area contributed by atoms with Crippen molar-refractivity contribution in [3.8, 4) is 50.2 Å². The molecule has 0 aliphatic heterocycles. The Morgan fingerprint density at radius 3 is 1.58 bits per heavy atom. The van der Waals surface area contributed by atoms with Crippen molar-refractivity contribution >= 4 is 21.8 Å². The lowest BCUT2D eigenvalue weighted by Gasteiger charge is -2.33. The van der Waals surface area contributed by atoms with Crippen LogP contribution in [0.15, 0.2) is 265 Å². The molecular weight excluding hydrogens is 855 g/mol. The monoisotopic (exact) mass is 911 g/mol. The summed E-state index contributed by atoms with van der Waals surface area (Å²) in [6, 6.07) is 79.0. The van der Waals surface area contributed by atoms with E-state index in [9.17, 15) is 0 Å². The summed E-state index contributed by atoms with van der Waals surface area (Å²) in [5.41, 5.74) is 27.1. The molecular formula is C70H57N. The maximum atomic E-state index is 2.55. The highest BCUT2D eigenvalue weighted by Crippen LogP contribution is 2.66. The zero-order valence-corrected chi connectivity index (χ0v) is 40.9. The highest BCUT2D eigenvalue weighted by Gasteiger charge is 2.54. The highest BCUT2D eigenvalue weighted by molar-refractivity contribution is 6.09. The number of benzene rings is 9. The second kappa shape index (κ2) is 18.6. The number of aryl methyl sites for hydroxylation is 3. The first-order valence-corrected chi connectivity index (χ1v) is 25.4. The SMILES string of the molecule is Cc1ccc(-c2cccc3c2-c2ccccc2C32C3=CCCC=C3C3=C2C=CCC3)cc1.Cc1ccc(-c2ccccc2)cc1.Cc1ccc(-c2ccccc2-n2c3ccccc3c3ccccc32)cc1. The Kier molecular flexibility index (Phi) is 11.5. The first-order chi connectivity index (χ1) is 35.0. The number of para-hydroxylation sites is 3. The summed E-state index contributed by atoms with van der Waals surface area (Å²) in [6.45, 7) is 6.40. The van der Waals surface area contributed by atoms with Gasteiger partial charge in [0.15, 0.2) is 0 Å². The van der Waals surface area contributed by atoms with E-state index in [1.807, 2.05) is 6.07 Å². The standard InChI is InChI=1S/C32H26.C25H19N.C13H12/c1-21-17-19-22(20-18-21)23-12-8-16-30-31(23)26-11-4-7-15-29(26)32(30)27-13-5-2-9-24(27)25-10-3-6-14-28(25)32;1-18-14-16-19(17-15-18)20-8-2-5-11-23(20)26-24-12-6-3-9-21(24)22-10-4-7-13-25(22)26;1-11-7-9-13(10-8-11)12-5-3-2-4-6-12/h4-5,7-8,10-20H,2-3,6,9H2,1H3;2-17H,1H3;2-10H,1H3. The minimum Gasteiger partial charge on any atom is -0.309 e. The molecule has 1 heterocycles. The zero-order chi connectivity index (χ0) is 47.9. The number of allylic oxidation sites excluding steroid dienone is 8. The molecule has 4 aliphatic rings. The van der Waals surface area contributed by atoms with Crippen LogP contribution in [0.4, 0.5) is 0 Å². The van der Waals surface area contributed by atoms with Crippen LogP contribution in [0.5, 0.6) is 0 Å². The van der Waals surface area contributed by atoms with Gasteiger partial charge in [-0.3, -0.25) is 0 Å². The molecule has 9 aromatic carbocycles. The number of hydrogen-bond acceptors (Lipinski definition) is 0. The van der Waals surface area contributed by atoms with Gasteiger partial charge in [-0.2, -0.15) is 0 Å². The molecule has 0 radical (unpaired) electrons. The molecule has 0 fully saturated rings. The van der Waals surface area contributed by atoms with E-state index in [1.165, 1.54) is 117 Å². The topological polar surface area (TPSA) is 4.93 Å². The number of aromatic nitrogens is 1. The molecule has 0 N–H and O–H groups in total. The fourth-order valence-electron chi connectivity index (χ4n) is 11.8. The van der Waals surface area contributed by atoms with E-state index in [0.29, 0.717) is 0 Å². The van der Waals surface area contributed by atoms with E-state index in [0.717, 1.165) is 25.7 Å². The molecule has 1 heteroatoms. The molecule has 1 nitrogen and oxygen atoms in total. The van der Waals surface area contributed by atoms with Crippen LogP contribution in [0.2, 0.25) is 0 Å². The number of fused-ring (bicyclic) bond motifs is 12. The second-order valence-electron chi connectivity index (χ2n) is 19.5. The fraction of sp³-hybridized carbons (Fsp3) is 0.114. The summed E-state index contributed by atoms with van der Waals surface area (Å²) in [6.07, 6.45) is 14.5. The van der Waals surface area contributed by atoms with E-state index in [4.69, 9.17) is 0 Å². The zero-order valence-electron chi connectivity index (χ0n) is 40.9. The van der Waals surface area contributed by atoms with Crippen LogP contribution < -0.4 is 0 Å². The van der Waals surface area contributed by atoms with Crippen LogP contribution in [0.25, 0.3) is 72.0 Å². The van der Waals surface area contributed by atoms with Gasteiger partial charge in [0, 0.05) is 16.3 Å². The molecule has 4 aliphatic carbocycles. The predicted molar refractivity (Wildman–Crippen MR) is 301 cm³/mol. The van der Waals surface area contributed by atoms with Crippen LogP contribution in [0.1, 0.15) is 53.5 Å². The van der Waals surface area contributed by atoms with Crippen LogP contribution >= 0.6 is 0 Å². The second-order valence-corrected chi connectivity index (χ2v) is 19.5. The van der Waals surface area contributed by atoms with Gasteiger partial charge in [0.1, 0.15) is 0 Å². The van der Waals surface area contributed by atoms with Gasteiger partial charge in [-0.15, -0.1) is 0 Å². The largest absolute Gasteiger partial charge is 0.309 e. The van der Waals surface area contributed by atoms with Crippen LogP contribution in [-0.4, -0.2) is 4.57 Å². The first-order valence-electron chi connectivity index (χ1n) is 25.4. The average Bonchev–Trinajstić information content (AvgIpc) is 4.05. The Bertz CT molecular complexity index is 3690. The predicted octanol–water partition coefficient (Wildman–Crippen LogP) is 18.7. The Hall–Kier alpha value is -8.26. The maximum absolute atomic E-state index is 2.55. The van der Waals surface area contributed by atoms with Gasteiger partial charge >= 0.3 is 0 Å². The van der Waals surface area contributed by atoms with Crippen LogP contribution in [-0.2, 0) is 5.41 Å². The van der Waals surface area contributed by atoms with Crippen molar-refractivity contribution in [2.45, 2.75) is 51.9 Å². The van der Waals surface area contributed by atoms with Gasteiger partial charge in [-0.05, 0) is 137 Å². The summed E-state index contributed by atoms with van der Waals surface area (Å²) >= 11 is 0. The van der Waals surface area contributed by atoms with E-state index in [1.54, 1.807) is 5.57 Å². The van der Waals surface area contributed by atoms with Crippen molar-refractivity contribution in [2.24, 2.45) is 0 Å². The lowest BCUT2D eigenvalue weighted by molar-refractivity contribution is 0.762. The summed E-state index contributed by atoms with van der Waals surface area (Å²) in [4.78, 5) is 0. The van der Waals surface area contributed by atoms with Crippen molar-refractivity contribution in [3.05, 3.63) is 293 Å². The van der Waals surface area contributed by atoms with Crippen molar-refractivity contribution in [2.75, 3.05) is 0 Å². The molecule has 1 unspecified atom stereocenters. The van der Waals surface area contributed by atoms with Crippen molar-refractivity contribution < 1.29 is 0 Å². The Morgan fingerprint density at radius 2 is 0.901 bits per heavy atom. The molecule has 1 spiro atoms. The van der Waals surface area contributed by atoms with Gasteiger partial charge in [0.25, 0.3) is 0 Å². The third-order valence-electron chi connectivity index (χ3n) is 15.1. The lowest BCUT2D eigenvalue weighted by Crippen LogP contribution is -2.27. The first kappa shape index (κ1) is 44.0. The minimum absolute atomic E-state index is 0.162. The molecule has 14 rings (SSSR count). The smallest absolute Gasteiger partial charge is 0.0719 e. The summed E-state index contributed by atoms with van der Waals surface area (Å²) in [5, 5.41) is 2.59. The number of nitrogens with zero attached hydrogens (tertiary/aromatic N) is 1. The quantitative estimate of drug-likeness (QED) is 0.166. The van der Waals surface area contributed by atoms with Crippen LogP contribution in [0.3, 0.4) is 0 Å². The number of rotatable bonds is 4. The van der Waals surface area contributed by atoms with E-state index in [-0.39, 0.29) is 5.41 Å². The molecule has 71 heavy (non-hydrogen) atoms. The molecule has 10 aromatic rings.